The van der Waals surface area contributed by atoms with Crippen LogP contribution in [0.3, 0.4) is 0 Å². The van der Waals surface area contributed by atoms with Crippen molar-refractivity contribution >= 4 is 5.82 Å². The van der Waals surface area contributed by atoms with Crippen molar-refractivity contribution in [1.82, 2.24) is 9.97 Å². The summed E-state index contributed by atoms with van der Waals surface area (Å²) in [5, 5.41) is 0. The molecule has 3 nitrogen and oxygen atoms in total. The summed E-state index contributed by atoms with van der Waals surface area (Å²) in [7, 11) is 0. The van der Waals surface area contributed by atoms with Gasteiger partial charge in [0.15, 0.2) is 0 Å². The van der Waals surface area contributed by atoms with Crippen molar-refractivity contribution in [3.05, 3.63) is 18.6 Å². The molecule has 0 radical (unpaired) electrons. The lowest BCUT2D eigenvalue weighted by molar-refractivity contribution is 0.422. The molecule has 1 saturated heterocycles. The quantitative estimate of drug-likeness (QED) is 0.715. The molecule has 2 heterocycles. The second-order valence-corrected chi connectivity index (χ2v) is 4.31. The van der Waals surface area contributed by atoms with E-state index in [0.717, 1.165) is 30.7 Å². The minimum Gasteiger partial charge on any atom is -0.356 e. The Morgan fingerprint density at radius 3 is 2.93 bits per heavy atom. The van der Waals surface area contributed by atoms with Gasteiger partial charge in [0, 0.05) is 19.3 Å². The van der Waals surface area contributed by atoms with Gasteiger partial charge in [-0.1, -0.05) is 13.8 Å². The Labute approximate surface area is 85.2 Å². The van der Waals surface area contributed by atoms with E-state index in [0.29, 0.717) is 0 Å². The second kappa shape index (κ2) is 3.95. The molecule has 1 aliphatic rings. The average Bonchev–Trinajstić information content (AvgIpc) is 2.68. The maximum Gasteiger partial charge on any atom is 0.131 e. The van der Waals surface area contributed by atoms with Gasteiger partial charge in [-0.2, -0.15) is 0 Å². The van der Waals surface area contributed by atoms with Crippen molar-refractivity contribution in [2.24, 2.45) is 11.8 Å². The first-order valence-corrected chi connectivity index (χ1v) is 5.28. The molecule has 14 heavy (non-hydrogen) atoms. The molecule has 1 fully saturated rings. The molecule has 0 amide bonds. The highest BCUT2D eigenvalue weighted by Gasteiger charge is 2.25. The third kappa shape index (κ3) is 1.86. The molecule has 2 rings (SSSR count). The summed E-state index contributed by atoms with van der Waals surface area (Å²) >= 11 is 0. The van der Waals surface area contributed by atoms with Gasteiger partial charge in [-0.15, -0.1) is 0 Å². The summed E-state index contributed by atoms with van der Waals surface area (Å²) < 4.78 is 0. The van der Waals surface area contributed by atoms with E-state index in [2.05, 4.69) is 28.7 Å². The van der Waals surface area contributed by atoms with Gasteiger partial charge in [0.1, 0.15) is 12.1 Å². The van der Waals surface area contributed by atoms with E-state index < -0.39 is 0 Å². The Hall–Kier alpha value is -1.12. The Morgan fingerprint density at radius 2 is 2.36 bits per heavy atom. The molecular weight excluding hydrogens is 174 g/mol. The summed E-state index contributed by atoms with van der Waals surface area (Å²) in [6.07, 6.45) is 4.73. The first-order chi connectivity index (χ1) is 6.77. The van der Waals surface area contributed by atoms with Crippen LogP contribution in [0.2, 0.25) is 0 Å². The van der Waals surface area contributed by atoms with Crippen LogP contribution in [-0.4, -0.2) is 23.1 Å². The third-order valence-corrected chi connectivity index (χ3v) is 3.06. The fourth-order valence-electron chi connectivity index (χ4n) is 2.01. The fourth-order valence-corrected chi connectivity index (χ4v) is 2.01. The van der Waals surface area contributed by atoms with E-state index in [4.69, 9.17) is 0 Å². The Bertz CT molecular complexity index is 284. The standard InChI is InChI=1S/C11H17N3/c1-9(2)10-4-6-14(7-10)11-3-5-12-8-13-11/h3,5,8-10H,4,6-7H2,1-2H3/t10-/m0/s1. The Kier molecular flexibility index (Phi) is 2.66. The minimum atomic E-state index is 0.779. The van der Waals surface area contributed by atoms with Gasteiger partial charge in [-0.05, 0) is 24.3 Å². The van der Waals surface area contributed by atoms with Crippen molar-refractivity contribution < 1.29 is 0 Å². The van der Waals surface area contributed by atoms with Gasteiger partial charge in [0.05, 0.1) is 0 Å². The van der Waals surface area contributed by atoms with Gasteiger partial charge in [-0.25, -0.2) is 9.97 Å². The van der Waals surface area contributed by atoms with Crippen LogP contribution in [0, 0.1) is 11.8 Å². The van der Waals surface area contributed by atoms with Crippen LogP contribution in [0.5, 0.6) is 0 Å². The molecule has 1 aliphatic heterocycles. The molecular formula is C11H17N3. The highest BCUT2D eigenvalue weighted by molar-refractivity contribution is 5.37. The zero-order valence-corrected chi connectivity index (χ0v) is 8.85. The lowest BCUT2D eigenvalue weighted by Gasteiger charge is -2.18. The first kappa shape index (κ1) is 9.44. The molecule has 0 N–H and O–H groups in total. The van der Waals surface area contributed by atoms with Crippen LogP contribution in [0.25, 0.3) is 0 Å². The number of nitrogens with zero attached hydrogens (tertiary/aromatic N) is 3. The topological polar surface area (TPSA) is 29.0 Å². The zero-order chi connectivity index (χ0) is 9.97. The van der Waals surface area contributed by atoms with Gasteiger partial charge in [-0.3, -0.25) is 0 Å². The number of hydrogen-bond acceptors (Lipinski definition) is 3. The number of aromatic nitrogens is 2. The van der Waals surface area contributed by atoms with Crippen molar-refractivity contribution in [2.75, 3.05) is 18.0 Å². The van der Waals surface area contributed by atoms with Crippen molar-refractivity contribution in [1.29, 1.82) is 0 Å². The highest BCUT2D eigenvalue weighted by Crippen LogP contribution is 2.26. The van der Waals surface area contributed by atoms with Crippen LogP contribution >= 0.6 is 0 Å². The lowest BCUT2D eigenvalue weighted by Crippen LogP contribution is -2.22. The number of hydrogen-bond donors (Lipinski definition) is 0. The maximum atomic E-state index is 4.27. The molecule has 3 heteroatoms. The van der Waals surface area contributed by atoms with E-state index in [1.165, 1.54) is 6.42 Å². The third-order valence-electron chi connectivity index (χ3n) is 3.06. The smallest absolute Gasteiger partial charge is 0.131 e. The summed E-state index contributed by atoms with van der Waals surface area (Å²) in [4.78, 5) is 10.6. The average molecular weight is 191 g/mol. The summed E-state index contributed by atoms with van der Waals surface area (Å²) in [6, 6.07) is 1.99. The van der Waals surface area contributed by atoms with Crippen LogP contribution in [0.15, 0.2) is 18.6 Å². The van der Waals surface area contributed by atoms with Gasteiger partial charge in [0.2, 0.25) is 0 Å². The van der Waals surface area contributed by atoms with E-state index in [1.807, 2.05) is 12.3 Å². The zero-order valence-electron chi connectivity index (χ0n) is 8.85. The largest absolute Gasteiger partial charge is 0.356 e. The molecule has 1 aromatic rings. The Balaban J connectivity index is 2.03. The molecule has 0 spiro atoms. The van der Waals surface area contributed by atoms with Crippen molar-refractivity contribution in [3.8, 4) is 0 Å². The van der Waals surface area contributed by atoms with E-state index in [1.54, 1.807) is 6.33 Å². The van der Waals surface area contributed by atoms with E-state index >= 15 is 0 Å². The van der Waals surface area contributed by atoms with Crippen LogP contribution in [-0.2, 0) is 0 Å². The van der Waals surface area contributed by atoms with Crippen molar-refractivity contribution in [3.63, 3.8) is 0 Å². The monoisotopic (exact) mass is 191 g/mol. The molecule has 0 aliphatic carbocycles. The maximum absolute atomic E-state index is 4.27. The first-order valence-electron chi connectivity index (χ1n) is 5.28. The molecule has 0 saturated carbocycles. The molecule has 76 valence electrons. The predicted octanol–water partition coefficient (Wildman–Crippen LogP) is 1.96. The fraction of sp³-hybridized carbons (Fsp3) is 0.636. The van der Waals surface area contributed by atoms with Gasteiger partial charge < -0.3 is 4.90 Å². The van der Waals surface area contributed by atoms with E-state index in [9.17, 15) is 0 Å². The molecule has 0 unspecified atom stereocenters. The molecule has 1 aromatic heterocycles. The Morgan fingerprint density at radius 1 is 1.50 bits per heavy atom. The van der Waals surface area contributed by atoms with Gasteiger partial charge in [0.25, 0.3) is 0 Å². The van der Waals surface area contributed by atoms with E-state index in [-0.39, 0.29) is 0 Å². The van der Waals surface area contributed by atoms with Crippen molar-refractivity contribution in [2.45, 2.75) is 20.3 Å². The predicted molar refractivity (Wildman–Crippen MR) is 57.2 cm³/mol. The van der Waals surface area contributed by atoms with Crippen LogP contribution in [0.1, 0.15) is 20.3 Å². The molecule has 0 bridgehead atoms. The summed E-state index contributed by atoms with van der Waals surface area (Å²) in [5.74, 6) is 2.68. The van der Waals surface area contributed by atoms with Crippen LogP contribution < -0.4 is 4.90 Å². The SMILES string of the molecule is CC(C)[C@H]1CCN(c2ccncn2)C1. The lowest BCUT2D eigenvalue weighted by atomic mass is 9.95. The van der Waals surface area contributed by atoms with Gasteiger partial charge >= 0.3 is 0 Å². The minimum absolute atomic E-state index is 0.779. The summed E-state index contributed by atoms with van der Waals surface area (Å²) in [6.45, 7) is 6.89. The number of anilines is 1. The highest BCUT2D eigenvalue weighted by atomic mass is 15.2. The summed E-state index contributed by atoms with van der Waals surface area (Å²) in [5.41, 5.74) is 0. The molecule has 1 atom stereocenters. The normalized spacial score (nSPS) is 21.9. The number of rotatable bonds is 2. The van der Waals surface area contributed by atoms with Crippen LogP contribution in [0.4, 0.5) is 5.82 Å². The molecule has 0 aromatic carbocycles. The second-order valence-electron chi connectivity index (χ2n) is 4.31.